The predicted octanol–water partition coefficient (Wildman–Crippen LogP) is 0.749. The number of phenolic OH excluding ortho intramolecular Hbond substituents is 1. The number of carbonyl (C=O) groups excluding carboxylic acids is 3. The molecule has 11 heteroatoms. The molecule has 4 unspecified atom stereocenters. The molecule has 206 valence electrons. The summed E-state index contributed by atoms with van der Waals surface area (Å²) < 4.78 is 1.99. The molecule has 1 aromatic heterocycles. The molecule has 0 spiro atoms. The maximum Gasteiger partial charge on any atom is 0.255 e. The molecule has 39 heavy (non-hydrogen) atoms. The van der Waals surface area contributed by atoms with Gasteiger partial charge in [0.1, 0.15) is 22.8 Å². The van der Waals surface area contributed by atoms with Crippen LogP contribution in [0.1, 0.15) is 33.6 Å². The third kappa shape index (κ3) is 3.88. The van der Waals surface area contributed by atoms with Gasteiger partial charge in [0, 0.05) is 43.5 Å². The van der Waals surface area contributed by atoms with E-state index in [4.69, 9.17) is 5.73 Å². The van der Waals surface area contributed by atoms with E-state index in [1.54, 1.807) is 20.2 Å². The molecule has 1 heterocycles. The van der Waals surface area contributed by atoms with Gasteiger partial charge in [-0.05, 0) is 62.2 Å². The molecule has 7 N–H and O–H groups in total. The van der Waals surface area contributed by atoms with E-state index >= 15 is 0 Å². The number of nitrogens with two attached hydrogens (primary N) is 1. The van der Waals surface area contributed by atoms with Crippen molar-refractivity contribution >= 4 is 17.5 Å². The summed E-state index contributed by atoms with van der Waals surface area (Å²) in [5.74, 6) is -6.58. The number of hydrogen-bond donors (Lipinski definition) is 6. The fourth-order valence-electron chi connectivity index (χ4n) is 6.49. The monoisotopic (exact) mass is 536 g/mol. The lowest BCUT2D eigenvalue weighted by atomic mass is 9.58. The average molecular weight is 537 g/mol. The molecule has 5 rings (SSSR count). The molecule has 2 aromatic rings. The number of aliphatic hydroxyl groups is 3. The SMILES string of the molecule is CN(C)C1C(O)=C(C(N)=O)C(=O)C2(O)C(O)=C3C(=O)c4c(O)ccc(CNCc5cccn5C)c4CC3CC12. The van der Waals surface area contributed by atoms with E-state index in [0.29, 0.717) is 18.7 Å². The lowest BCUT2D eigenvalue weighted by Crippen LogP contribution is -2.63. The number of aryl methyl sites for hydroxylation is 1. The predicted molar refractivity (Wildman–Crippen MR) is 140 cm³/mol. The summed E-state index contributed by atoms with van der Waals surface area (Å²) in [7, 11) is 5.14. The van der Waals surface area contributed by atoms with Crippen LogP contribution >= 0.6 is 0 Å². The van der Waals surface area contributed by atoms with Crippen molar-refractivity contribution in [1.82, 2.24) is 14.8 Å². The molecule has 0 saturated carbocycles. The standard InChI is InChI=1S/C28H32N4O7/c1-31(2)22-17-10-14-9-16-13(11-30-12-15-5-4-8-32(15)3)6-7-18(33)20(16)23(34)19(14)25(36)28(17,39)26(37)21(24(22)35)27(29)38/h4-8,14,17,22,30,33,35-36,39H,9-12H2,1-3H3,(H2,29,38). The summed E-state index contributed by atoms with van der Waals surface area (Å²) in [6, 6.07) is 6.07. The topological polar surface area (TPSA) is 178 Å². The molecule has 1 aromatic carbocycles. The van der Waals surface area contributed by atoms with Crippen LogP contribution < -0.4 is 11.1 Å². The van der Waals surface area contributed by atoms with Gasteiger partial charge in [0.15, 0.2) is 11.4 Å². The van der Waals surface area contributed by atoms with Crippen LogP contribution in [0.15, 0.2) is 53.1 Å². The van der Waals surface area contributed by atoms with Crippen LogP contribution in [0.4, 0.5) is 0 Å². The molecular formula is C28H32N4O7. The zero-order chi connectivity index (χ0) is 28.4. The number of aromatic hydroxyl groups is 1. The van der Waals surface area contributed by atoms with Crippen LogP contribution in [0.2, 0.25) is 0 Å². The fourth-order valence-corrected chi connectivity index (χ4v) is 6.49. The number of carbonyl (C=O) groups is 3. The van der Waals surface area contributed by atoms with E-state index < -0.39 is 58.0 Å². The Bertz CT molecular complexity index is 1470. The molecule has 4 atom stereocenters. The van der Waals surface area contributed by atoms with Crippen molar-refractivity contribution in [3.05, 3.63) is 75.5 Å². The smallest absolute Gasteiger partial charge is 0.255 e. The Kier molecular flexibility index (Phi) is 6.41. The Balaban J connectivity index is 1.57. The van der Waals surface area contributed by atoms with E-state index in [1.165, 1.54) is 11.0 Å². The van der Waals surface area contributed by atoms with E-state index in [1.807, 2.05) is 29.9 Å². The zero-order valence-corrected chi connectivity index (χ0v) is 21.9. The minimum atomic E-state index is -2.64. The molecule has 0 saturated heterocycles. The van der Waals surface area contributed by atoms with Gasteiger partial charge in [0.25, 0.3) is 5.91 Å². The summed E-state index contributed by atoms with van der Waals surface area (Å²) >= 11 is 0. The number of nitrogens with zero attached hydrogens (tertiary/aromatic N) is 2. The van der Waals surface area contributed by atoms with Gasteiger partial charge in [0.2, 0.25) is 5.78 Å². The van der Waals surface area contributed by atoms with Gasteiger partial charge < -0.3 is 36.0 Å². The van der Waals surface area contributed by atoms with Gasteiger partial charge in [-0.3, -0.25) is 19.3 Å². The first kappa shape index (κ1) is 26.7. The Hall–Kier alpha value is -3.93. The molecular weight excluding hydrogens is 504 g/mol. The van der Waals surface area contributed by atoms with Gasteiger partial charge in [-0.25, -0.2) is 0 Å². The number of likely N-dealkylation sites (N-methyl/N-ethyl adjacent to an activating group) is 1. The van der Waals surface area contributed by atoms with Crippen molar-refractivity contribution in [2.24, 2.45) is 24.6 Å². The average Bonchev–Trinajstić information content (AvgIpc) is 3.26. The van der Waals surface area contributed by atoms with Crippen LogP contribution in [0, 0.1) is 11.8 Å². The quantitative estimate of drug-likeness (QED) is 0.291. The second-order valence-electron chi connectivity index (χ2n) is 10.8. The van der Waals surface area contributed by atoms with Crippen molar-refractivity contribution in [1.29, 1.82) is 0 Å². The largest absolute Gasteiger partial charge is 0.510 e. The Morgan fingerprint density at radius 1 is 1.18 bits per heavy atom. The zero-order valence-electron chi connectivity index (χ0n) is 21.9. The van der Waals surface area contributed by atoms with E-state index in [9.17, 15) is 34.8 Å². The lowest BCUT2D eigenvalue weighted by molar-refractivity contribution is -0.148. The van der Waals surface area contributed by atoms with Crippen LogP contribution in [0.3, 0.4) is 0 Å². The summed E-state index contributed by atoms with van der Waals surface area (Å²) in [6.07, 6.45) is 2.25. The highest BCUT2D eigenvalue weighted by molar-refractivity contribution is 6.24. The number of aromatic nitrogens is 1. The second-order valence-corrected chi connectivity index (χ2v) is 10.8. The molecule has 1 amide bonds. The Labute approximate surface area is 224 Å². The van der Waals surface area contributed by atoms with Crippen molar-refractivity contribution in [3.63, 3.8) is 0 Å². The van der Waals surface area contributed by atoms with Crippen LogP contribution in [-0.2, 0) is 36.1 Å². The molecule has 0 aliphatic heterocycles. The van der Waals surface area contributed by atoms with Gasteiger partial charge in [-0.1, -0.05) is 6.07 Å². The Morgan fingerprint density at radius 2 is 1.90 bits per heavy atom. The van der Waals surface area contributed by atoms with Crippen molar-refractivity contribution < 1.29 is 34.8 Å². The summed E-state index contributed by atoms with van der Waals surface area (Å²) in [6.45, 7) is 0.995. The molecule has 3 aliphatic rings. The minimum absolute atomic E-state index is 0.00829. The van der Waals surface area contributed by atoms with Crippen LogP contribution in [0.25, 0.3) is 0 Å². The number of hydrogen-bond acceptors (Lipinski definition) is 9. The number of aliphatic hydroxyl groups excluding tert-OH is 2. The highest BCUT2D eigenvalue weighted by Crippen LogP contribution is 2.52. The number of primary amides is 1. The fraction of sp³-hybridized carbons (Fsp3) is 0.393. The van der Waals surface area contributed by atoms with Crippen molar-refractivity contribution in [2.75, 3.05) is 14.1 Å². The van der Waals surface area contributed by atoms with E-state index in [0.717, 1.165) is 11.3 Å². The summed E-state index contributed by atoms with van der Waals surface area (Å²) in [4.78, 5) is 40.7. The van der Waals surface area contributed by atoms with E-state index in [-0.39, 0.29) is 29.7 Å². The minimum Gasteiger partial charge on any atom is -0.510 e. The first-order valence-electron chi connectivity index (χ1n) is 12.7. The third-order valence-corrected chi connectivity index (χ3v) is 8.38. The number of fused-ring (bicyclic) bond motifs is 3. The normalized spacial score (nSPS) is 26.5. The van der Waals surface area contributed by atoms with Gasteiger partial charge in [-0.15, -0.1) is 0 Å². The van der Waals surface area contributed by atoms with Crippen molar-refractivity contribution in [2.45, 2.75) is 37.6 Å². The number of nitrogens with one attached hydrogen (secondary N) is 1. The maximum absolute atomic E-state index is 13.8. The lowest BCUT2D eigenvalue weighted by Gasteiger charge is -2.50. The van der Waals surface area contributed by atoms with Gasteiger partial charge in [-0.2, -0.15) is 0 Å². The molecule has 0 radical (unpaired) electrons. The molecule has 3 aliphatic carbocycles. The molecule has 11 nitrogen and oxygen atoms in total. The second kappa shape index (κ2) is 9.37. The summed E-state index contributed by atoms with van der Waals surface area (Å²) in [5.41, 5.74) is 4.22. The number of allylic oxidation sites excluding steroid dienone is 1. The number of rotatable bonds is 6. The highest BCUT2D eigenvalue weighted by Gasteiger charge is 2.63. The van der Waals surface area contributed by atoms with Gasteiger partial charge >= 0.3 is 0 Å². The third-order valence-electron chi connectivity index (χ3n) is 8.38. The number of benzene rings is 1. The summed E-state index contributed by atoms with van der Waals surface area (Å²) in [5, 5.41) is 47.9. The number of amides is 1. The first-order chi connectivity index (χ1) is 18.4. The Morgan fingerprint density at radius 3 is 2.51 bits per heavy atom. The maximum atomic E-state index is 13.8. The van der Waals surface area contributed by atoms with Crippen LogP contribution in [-0.4, -0.2) is 73.1 Å². The number of Topliss-reactive ketones (excluding diaryl/α,β-unsaturated/α-hetero) is 2. The molecule has 0 fully saturated rings. The highest BCUT2D eigenvalue weighted by atomic mass is 16.3. The van der Waals surface area contributed by atoms with Gasteiger partial charge in [0.05, 0.1) is 11.6 Å². The first-order valence-corrected chi connectivity index (χ1v) is 12.7. The van der Waals surface area contributed by atoms with E-state index in [2.05, 4.69) is 5.32 Å². The number of ketones is 2. The van der Waals surface area contributed by atoms with Crippen LogP contribution in [0.5, 0.6) is 5.75 Å². The molecule has 0 bridgehead atoms. The van der Waals surface area contributed by atoms with Crippen molar-refractivity contribution in [3.8, 4) is 5.75 Å². The number of phenols is 1.